The molecule has 4 nitrogen and oxygen atoms in total. The number of rotatable bonds is 6. The van der Waals surface area contributed by atoms with Crippen LogP contribution in [0.3, 0.4) is 0 Å². The first-order valence-electron chi connectivity index (χ1n) is 8.54. The zero-order chi connectivity index (χ0) is 18.5. The van der Waals surface area contributed by atoms with E-state index in [-0.39, 0.29) is 12.3 Å². The van der Waals surface area contributed by atoms with Gasteiger partial charge in [0, 0.05) is 10.9 Å². The fourth-order valence-corrected chi connectivity index (χ4v) is 3.22. The van der Waals surface area contributed by atoms with E-state index in [0.717, 1.165) is 28.1 Å². The van der Waals surface area contributed by atoms with Crippen molar-refractivity contribution >= 4 is 22.4 Å². The van der Waals surface area contributed by atoms with Gasteiger partial charge in [-0.3, -0.25) is 4.79 Å². The predicted molar refractivity (Wildman–Crippen MR) is 107 cm³/mol. The molecule has 3 aromatic rings. The molecular weight excluding hydrogens is 344 g/mol. The Balaban J connectivity index is 1.52. The van der Waals surface area contributed by atoms with E-state index in [1.165, 1.54) is 16.9 Å². The SMILES string of the molecule is Cc1ccc(-c2csc(NC(=O)CCOc3cc(C)ccc3C)n2)cc1. The van der Waals surface area contributed by atoms with Crippen LogP contribution in [0.25, 0.3) is 11.3 Å². The number of carbonyl (C=O) groups excluding carboxylic acids is 1. The highest BCUT2D eigenvalue weighted by atomic mass is 32.1. The fraction of sp³-hybridized carbons (Fsp3) is 0.238. The molecule has 0 aliphatic heterocycles. The smallest absolute Gasteiger partial charge is 0.229 e. The molecule has 0 atom stereocenters. The molecule has 1 aromatic heterocycles. The highest BCUT2D eigenvalue weighted by Gasteiger charge is 2.09. The van der Waals surface area contributed by atoms with Crippen LogP contribution in [0.4, 0.5) is 5.13 Å². The molecule has 26 heavy (non-hydrogen) atoms. The van der Waals surface area contributed by atoms with Crippen LogP contribution in [0, 0.1) is 20.8 Å². The number of hydrogen-bond donors (Lipinski definition) is 1. The number of anilines is 1. The fourth-order valence-electron chi connectivity index (χ4n) is 2.49. The summed E-state index contributed by atoms with van der Waals surface area (Å²) in [4.78, 5) is 16.6. The summed E-state index contributed by atoms with van der Waals surface area (Å²) in [5, 5.41) is 5.40. The summed E-state index contributed by atoms with van der Waals surface area (Å²) in [5.74, 6) is 0.730. The van der Waals surface area contributed by atoms with Gasteiger partial charge in [0.15, 0.2) is 5.13 Å². The zero-order valence-corrected chi connectivity index (χ0v) is 16.0. The van der Waals surface area contributed by atoms with E-state index in [9.17, 15) is 4.79 Å². The maximum absolute atomic E-state index is 12.1. The first-order valence-corrected chi connectivity index (χ1v) is 9.42. The minimum atomic E-state index is -0.0971. The number of aryl methyl sites for hydroxylation is 3. The second-order valence-corrected chi connectivity index (χ2v) is 7.18. The summed E-state index contributed by atoms with van der Waals surface area (Å²) in [6.45, 7) is 6.41. The number of thiazole rings is 1. The van der Waals surface area contributed by atoms with E-state index in [2.05, 4.69) is 29.4 Å². The van der Waals surface area contributed by atoms with Crippen molar-refractivity contribution in [2.45, 2.75) is 27.2 Å². The maximum atomic E-state index is 12.1. The quantitative estimate of drug-likeness (QED) is 0.657. The second-order valence-electron chi connectivity index (χ2n) is 6.32. The van der Waals surface area contributed by atoms with Crippen LogP contribution < -0.4 is 10.1 Å². The van der Waals surface area contributed by atoms with Gasteiger partial charge in [-0.25, -0.2) is 4.98 Å². The molecule has 134 valence electrons. The Labute approximate surface area is 157 Å². The standard InChI is InChI=1S/C21H22N2O2S/c1-14-5-8-17(9-6-14)18-13-26-21(22-18)23-20(24)10-11-25-19-12-15(2)4-7-16(19)3/h4-9,12-13H,10-11H2,1-3H3,(H,22,23,24). The topological polar surface area (TPSA) is 51.2 Å². The van der Waals surface area contributed by atoms with Gasteiger partial charge in [-0.15, -0.1) is 11.3 Å². The second kappa shape index (κ2) is 8.15. The number of nitrogens with one attached hydrogen (secondary N) is 1. The van der Waals surface area contributed by atoms with Gasteiger partial charge in [-0.05, 0) is 38.0 Å². The summed E-state index contributed by atoms with van der Waals surface area (Å²) < 4.78 is 5.73. The molecule has 0 unspecified atom stereocenters. The van der Waals surface area contributed by atoms with E-state index in [1.807, 2.05) is 49.6 Å². The Bertz CT molecular complexity index is 901. The number of nitrogens with zero attached hydrogens (tertiary/aromatic N) is 1. The number of hydrogen-bond acceptors (Lipinski definition) is 4. The molecule has 5 heteroatoms. The summed E-state index contributed by atoms with van der Waals surface area (Å²) in [7, 11) is 0. The van der Waals surface area contributed by atoms with Crippen molar-refractivity contribution in [3.8, 4) is 17.0 Å². The third-order valence-electron chi connectivity index (χ3n) is 4.03. The largest absolute Gasteiger partial charge is 0.493 e. The van der Waals surface area contributed by atoms with Crippen molar-refractivity contribution < 1.29 is 9.53 Å². The molecule has 0 spiro atoms. The van der Waals surface area contributed by atoms with Crippen molar-refractivity contribution in [1.82, 2.24) is 4.98 Å². The van der Waals surface area contributed by atoms with E-state index >= 15 is 0 Å². The van der Waals surface area contributed by atoms with Crippen molar-refractivity contribution in [2.75, 3.05) is 11.9 Å². The molecule has 0 aliphatic carbocycles. The highest BCUT2D eigenvalue weighted by molar-refractivity contribution is 7.14. The molecule has 1 heterocycles. The third-order valence-corrected chi connectivity index (χ3v) is 4.79. The number of carbonyl (C=O) groups is 1. The predicted octanol–water partition coefficient (Wildman–Crippen LogP) is 5.14. The number of aromatic nitrogens is 1. The van der Waals surface area contributed by atoms with E-state index in [4.69, 9.17) is 4.74 Å². The molecule has 0 saturated carbocycles. The molecule has 1 amide bonds. The summed E-state index contributed by atoms with van der Waals surface area (Å²) in [5.41, 5.74) is 5.34. The lowest BCUT2D eigenvalue weighted by Crippen LogP contribution is -2.15. The summed E-state index contributed by atoms with van der Waals surface area (Å²) in [6.07, 6.45) is 0.285. The van der Waals surface area contributed by atoms with Crippen LogP contribution in [0.1, 0.15) is 23.1 Å². The number of amides is 1. The molecule has 2 aromatic carbocycles. The first-order chi connectivity index (χ1) is 12.5. The van der Waals surface area contributed by atoms with Gasteiger partial charge in [-0.2, -0.15) is 0 Å². The van der Waals surface area contributed by atoms with Gasteiger partial charge in [0.05, 0.1) is 18.7 Å². The molecule has 3 rings (SSSR count). The first kappa shape index (κ1) is 18.1. The average molecular weight is 366 g/mol. The third kappa shape index (κ3) is 4.70. The van der Waals surface area contributed by atoms with E-state index in [0.29, 0.717) is 11.7 Å². The number of ether oxygens (including phenoxy) is 1. The van der Waals surface area contributed by atoms with Crippen molar-refractivity contribution in [3.05, 3.63) is 64.5 Å². The minimum Gasteiger partial charge on any atom is -0.493 e. The zero-order valence-electron chi connectivity index (χ0n) is 15.2. The van der Waals surface area contributed by atoms with Crippen LogP contribution in [0.2, 0.25) is 0 Å². The van der Waals surface area contributed by atoms with Gasteiger partial charge in [0.25, 0.3) is 0 Å². The molecule has 1 N–H and O–H groups in total. The Morgan fingerprint density at radius 2 is 1.81 bits per heavy atom. The van der Waals surface area contributed by atoms with E-state index < -0.39 is 0 Å². The van der Waals surface area contributed by atoms with Gasteiger partial charge in [-0.1, -0.05) is 42.0 Å². The average Bonchev–Trinajstić information content (AvgIpc) is 3.07. The Hall–Kier alpha value is -2.66. The van der Waals surface area contributed by atoms with Gasteiger partial charge >= 0.3 is 0 Å². The molecule has 0 fully saturated rings. The lowest BCUT2D eigenvalue weighted by atomic mass is 10.1. The molecule has 0 bridgehead atoms. The van der Waals surface area contributed by atoms with Crippen molar-refractivity contribution in [3.63, 3.8) is 0 Å². The van der Waals surface area contributed by atoms with Crippen LogP contribution in [-0.2, 0) is 4.79 Å². The van der Waals surface area contributed by atoms with Crippen LogP contribution >= 0.6 is 11.3 Å². The Morgan fingerprint density at radius 3 is 2.58 bits per heavy atom. The monoisotopic (exact) mass is 366 g/mol. The summed E-state index contributed by atoms with van der Waals surface area (Å²) in [6, 6.07) is 14.2. The van der Waals surface area contributed by atoms with Crippen molar-refractivity contribution in [2.24, 2.45) is 0 Å². The van der Waals surface area contributed by atoms with Crippen LogP contribution in [-0.4, -0.2) is 17.5 Å². The number of benzene rings is 2. The lowest BCUT2D eigenvalue weighted by Gasteiger charge is -2.09. The van der Waals surface area contributed by atoms with Crippen LogP contribution in [0.5, 0.6) is 5.75 Å². The summed E-state index contributed by atoms with van der Waals surface area (Å²) >= 11 is 1.43. The van der Waals surface area contributed by atoms with E-state index in [1.54, 1.807) is 0 Å². The Kier molecular flexibility index (Phi) is 5.68. The highest BCUT2D eigenvalue weighted by Crippen LogP contribution is 2.25. The van der Waals surface area contributed by atoms with Gasteiger partial charge in [0.1, 0.15) is 5.75 Å². The maximum Gasteiger partial charge on any atom is 0.229 e. The van der Waals surface area contributed by atoms with Crippen LogP contribution in [0.15, 0.2) is 47.8 Å². The molecular formula is C21H22N2O2S. The van der Waals surface area contributed by atoms with Crippen molar-refractivity contribution in [1.29, 1.82) is 0 Å². The lowest BCUT2D eigenvalue weighted by molar-refractivity contribution is -0.116. The molecule has 0 saturated heterocycles. The molecule has 0 radical (unpaired) electrons. The van der Waals surface area contributed by atoms with Gasteiger partial charge < -0.3 is 10.1 Å². The van der Waals surface area contributed by atoms with Gasteiger partial charge in [0.2, 0.25) is 5.91 Å². The molecule has 0 aliphatic rings. The normalized spacial score (nSPS) is 10.6. The Morgan fingerprint density at radius 1 is 1.08 bits per heavy atom. The minimum absolute atomic E-state index is 0.0971.